The molecule has 0 saturated carbocycles. The molecule has 1 aliphatic rings. The number of hydrogen-bond acceptors (Lipinski definition) is 6. The van der Waals surface area contributed by atoms with Gasteiger partial charge in [-0.3, -0.25) is 24.1 Å². The standard InChI is InChI=1S/C23H18Cl2N4O4S/c24-14-6-5-13(16(25)12-14)11-18-22(32)29(23(33)34-18)10-9-26-20(30)8-7-19-27-17-4-2-1-3-15(17)21(31)28-19/h1-6,11-12H,7-10H2,(H,26,30)(H,27,28,31). The van der Waals surface area contributed by atoms with Crippen molar-refractivity contribution in [2.45, 2.75) is 12.8 Å². The minimum atomic E-state index is -0.451. The number of imide groups is 1. The number of nitrogens with zero attached hydrogens (tertiary/aromatic N) is 2. The van der Waals surface area contributed by atoms with Gasteiger partial charge in [0.1, 0.15) is 5.82 Å². The Labute approximate surface area is 208 Å². The number of carbonyl (C=O) groups excluding carboxylic acids is 3. The van der Waals surface area contributed by atoms with Crippen LogP contribution in [0.3, 0.4) is 0 Å². The third-order valence-corrected chi connectivity index (χ3v) is 6.50. The summed E-state index contributed by atoms with van der Waals surface area (Å²) < 4.78 is 0. The molecule has 1 aliphatic heterocycles. The maximum Gasteiger partial charge on any atom is 0.293 e. The van der Waals surface area contributed by atoms with Gasteiger partial charge in [0.25, 0.3) is 16.7 Å². The molecule has 1 saturated heterocycles. The van der Waals surface area contributed by atoms with Gasteiger partial charge in [-0.05, 0) is 47.7 Å². The normalized spacial score (nSPS) is 14.9. The van der Waals surface area contributed by atoms with Crippen LogP contribution < -0.4 is 10.9 Å². The van der Waals surface area contributed by atoms with Crippen molar-refractivity contribution in [3.63, 3.8) is 0 Å². The van der Waals surface area contributed by atoms with Crippen molar-refractivity contribution in [1.29, 1.82) is 0 Å². The fraction of sp³-hybridized carbons (Fsp3) is 0.174. The van der Waals surface area contributed by atoms with E-state index in [1.165, 1.54) is 0 Å². The number of aromatic nitrogens is 2. The van der Waals surface area contributed by atoms with Crippen LogP contribution in [0, 0.1) is 0 Å². The second-order valence-corrected chi connectivity index (χ2v) is 9.22. The molecule has 34 heavy (non-hydrogen) atoms. The topological polar surface area (TPSA) is 112 Å². The molecule has 0 bridgehead atoms. The quantitative estimate of drug-likeness (QED) is 0.458. The summed E-state index contributed by atoms with van der Waals surface area (Å²) in [5, 5.41) is 3.58. The van der Waals surface area contributed by atoms with Crippen molar-refractivity contribution in [1.82, 2.24) is 20.2 Å². The number of amides is 3. The van der Waals surface area contributed by atoms with Crippen LogP contribution in [0.2, 0.25) is 10.0 Å². The van der Waals surface area contributed by atoms with E-state index in [0.29, 0.717) is 32.3 Å². The third kappa shape index (κ3) is 5.49. The van der Waals surface area contributed by atoms with E-state index in [0.717, 1.165) is 16.7 Å². The second-order valence-electron chi connectivity index (χ2n) is 7.38. The minimum absolute atomic E-state index is 0.0349. The molecule has 2 heterocycles. The highest BCUT2D eigenvalue weighted by Crippen LogP contribution is 2.33. The van der Waals surface area contributed by atoms with E-state index < -0.39 is 11.1 Å². The van der Waals surface area contributed by atoms with Gasteiger partial charge in [-0.1, -0.05) is 41.4 Å². The zero-order chi connectivity index (χ0) is 24.2. The summed E-state index contributed by atoms with van der Waals surface area (Å²) >= 11 is 12.8. The predicted molar refractivity (Wildman–Crippen MR) is 133 cm³/mol. The summed E-state index contributed by atoms with van der Waals surface area (Å²) in [6, 6.07) is 11.8. The number of nitrogens with one attached hydrogen (secondary N) is 2. The molecule has 3 aromatic rings. The molecule has 0 radical (unpaired) electrons. The third-order valence-electron chi connectivity index (χ3n) is 5.03. The van der Waals surface area contributed by atoms with Crippen LogP contribution in [-0.4, -0.2) is 45.0 Å². The summed E-state index contributed by atoms with van der Waals surface area (Å²) in [6.45, 7) is 0.140. The van der Waals surface area contributed by atoms with Crippen LogP contribution in [0.25, 0.3) is 17.0 Å². The number of H-pyrrole nitrogens is 1. The summed E-state index contributed by atoms with van der Waals surface area (Å²) in [5.41, 5.74) is 0.882. The maximum atomic E-state index is 12.6. The molecule has 0 unspecified atom stereocenters. The summed E-state index contributed by atoms with van der Waals surface area (Å²) in [6.07, 6.45) is 1.88. The molecule has 2 aromatic carbocycles. The Hall–Kier alpha value is -3.14. The molecule has 8 nitrogen and oxygen atoms in total. The number of carbonyl (C=O) groups is 3. The fourth-order valence-corrected chi connectivity index (χ4v) is 4.65. The first kappa shape index (κ1) is 24.0. The number of thioether (sulfide) groups is 1. The predicted octanol–water partition coefficient (Wildman–Crippen LogP) is 4.02. The molecule has 174 valence electrons. The highest BCUT2D eigenvalue weighted by Gasteiger charge is 2.34. The van der Waals surface area contributed by atoms with Gasteiger partial charge in [-0.25, -0.2) is 4.98 Å². The van der Waals surface area contributed by atoms with E-state index in [9.17, 15) is 19.2 Å². The molecule has 11 heteroatoms. The lowest BCUT2D eigenvalue weighted by Crippen LogP contribution is -2.37. The molecule has 4 rings (SSSR count). The van der Waals surface area contributed by atoms with Crippen LogP contribution in [0.15, 0.2) is 52.2 Å². The minimum Gasteiger partial charge on any atom is -0.354 e. The SMILES string of the molecule is O=C(CCc1nc2ccccc2c(=O)[nH]1)NCCN1C(=O)SC(=Cc2ccc(Cl)cc2Cl)C1=O. The Morgan fingerprint density at radius 3 is 2.74 bits per heavy atom. The van der Waals surface area contributed by atoms with Crippen LogP contribution in [0.5, 0.6) is 0 Å². The van der Waals surface area contributed by atoms with Gasteiger partial charge in [0.2, 0.25) is 5.91 Å². The Balaban J connectivity index is 1.29. The molecular weight excluding hydrogens is 499 g/mol. The van der Waals surface area contributed by atoms with E-state index in [2.05, 4.69) is 15.3 Å². The van der Waals surface area contributed by atoms with Gasteiger partial charge < -0.3 is 10.3 Å². The van der Waals surface area contributed by atoms with E-state index in [4.69, 9.17) is 23.2 Å². The molecule has 0 atom stereocenters. The van der Waals surface area contributed by atoms with Crippen LogP contribution in [0.4, 0.5) is 4.79 Å². The molecule has 1 fully saturated rings. The zero-order valence-electron chi connectivity index (χ0n) is 17.6. The Morgan fingerprint density at radius 1 is 1.15 bits per heavy atom. The maximum absolute atomic E-state index is 12.6. The molecule has 0 aliphatic carbocycles. The van der Waals surface area contributed by atoms with Gasteiger partial charge in [0.15, 0.2) is 0 Å². The van der Waals surface area contributed by atoms with Crippen molar-refractivity contribution in [2.75, 3.05) is 13.1 Å². The average Bonchev–Trinajstić information content (AvgIpc) is 3.07. The van der Waals surface area contributed by atoms with Crippen molar-refractivity contribution in [3.05, 3.63) is 79.2 Å². The fourth-order valence-electron chi connectivity index (χ4n) is 3.33. The van der Waals surface area contributed by atoms with Crippen molar-refractivity contribution < 1.29 is 14.4 Å². The number of aryl methyl sites for hydroxylation is 1. The van der Waals surface area contributed by atoms with Crippen LogP contribution >= 0.6 is 35.0 Å². The van der Waals surface area contributed by atoms with E-state index in [1.54, 1.807) is 48.5 Å². The summed E-state index contributed by atoms with van der Waals surface area (Å²) in [7, 11) is 0. The molecule has 1 aromatic heterocycles. The van der Waals surface area contributed by atoms with Crippen LogP contribution in [0.1, 0.15) is 17.8 Å². The number of rotatable bonds is 7. The van der Waals surface area contributed by atoms with E-state index in [1.807, 2.05) is 0 Å². The highest BCUT2D eigenvalue weighted by atomic mass is 35.5. The Morgan fingerprint density at radius 2 is 1.94 bits per heavy atom. The summed E-state index contributed by atoms with van der Waals surface area (Å²) in [4.78, 5) is 57.6. The second kappa shape index (κ2) is 10.4. The van der Waals surface area contributed by atoms with Gasteiger partial charge in [0.05, 0.1) is 15.8 Å². The van der Waals surface area contributed by atoms with Gasteiger partial charge in [-0.15, -0.1) is 0 Å². The Kier molecular flexibility index (Phi) is 7.35. The van der Waals surface area contributed by atoms with Gasteiger partial charge in [0, 0.05) is 36.0 Å². The molecule has 0 spiro atoms. The average molecular weight is 517 g/mol. The highest BCUT2D eigenvalue weighted by molar-refractivity contribution is 8.18. The number of benzene rings is 2. The molecule has 3 amide bonds. The monoisotopic (exact) mass is 516 g/mol. The smallest absolute Gasteiger partial charge is 0.293 e. The van der Waals surface area contributed by atoms with E-state index >= 15 is 0 Å². The van der Waals surface area contributed by atoms with Crippen molar-refractivity contribution >= 4 is 69.0 Å². The number of halogens is 2. The summed E-state index contributed by atoms with van der Waals surface area (Å²) in [5.74, 6) is -0.324. The van der Waals surface area contributed by atoms with Gasteiger partial charge in [-0.2, -0.15) is 0 Å². The number of para-hydroxylation sites is 1. The number of hydrogen-bond donors (Lipinski definition) is 2. The molecular formula is C23H18Cl2N4O4S. The number of aromatic amines is 1. The first-order valence-corrected chi connectivity index (χ1v) is 11.8. The van der Waals surface area contributed by atoms with E-state index in [-0.39, 0.29) is 42.3 Å². The Bertz CT molecular complexity index is 1390. The number of fused-ring (bicyclic) bond motifs is 1. The molecule has 2 N–H and O–H groups in total. The van der Waals surface area contributed by atoms with Crippen LogP contribution in [-0.2, 0) is 16.0 Å². The van der Waals surface area contributed by atoms with Crippen molar-refractivity contribution in [3.8, 4) is 0 Å². The lowest BCUT2D eigenvalue weighted by Gasteiger charge is -2.13. The first-order chi connectivity index (χ1) is 16.3. The largest absolute Gasteiger partial charge is 0.354 e. The van der Waals surface area contributed by atoms with Crippen molar-refractivity contribution in [2.24, 2.45) is 0 Å². The first-order valence-electron chi connectivity index (χ1n) is 10.3. The lowest BCUT2D eigenvalue weighted by molar-refractivity contribution is -0.124. The van der Waals surface area contributed by atoms with Gasteiger partial charge >= 0.3 is 0 Å². The zero-order valence-corrected chi connectivity index (χ0v) is 20.0. The lowest BCUT2D eigenvalue weighted by atomic mass is 10.2.